The highest BCUT2D eigenvalue weighted by Crippen LogP contribution is 2.24. The molecule has 0 unspecified atom stereocenters. The van der Waals surface area contributed by atoms with E-state index < -0.39 is 0 Å². The maximum Gasteiger partial charge on any atom is 0.272 e. The van der Waals surface area contributed by atoms with E-state index in [9.17, 15) is 4.79 Å². The fraction of sp³-hybridized carbons (Fsp3) is 0.391. The fourth-order valence-electron chi connectivity index (χ4n) is 4.16. The monoisotopic (exact) mass is 361 g/mol. The second kappa shape index (κ2) is 7.55. The summed E-state index contributed by atoms with van der Waals surface area (Å²) in [4.78, 5) is 20.0. The molecule has 4 rings (SSSR count). The van der Waals surface area contributed by atoms with Gasteiger partial charge in [0.2, 0.25) is 0 Å². The summed E-state index contributed by atoms with van der Waals surface area (Å²) in [5.74, 6) is 0.787. The van der Waals surface area contributed by atoms with Gasteiger partial charge >= 0.3 is 0 Å². The lowest BCUT2D eigenvalue weighted by Gasteiger charge is -2.32. The lowest BCUT2D eigenvalue weighted by atomic mass is 9.90. The number of hydrogen-bond acceptors (Lipinski definition) is 2. The van der Waals surface area contributed by atoms with Crippen LogP contribution >= 0.6 is 0 Å². The predicted molar refractivity (Wildman–Crippen MR) is 108 cm³/mol. The van der Waals surface area contributed by atoms with E-state index >= 15 is 0 Å². The van der Waals surface area contributed by atoms with Crippen molar-refractivity contribution in [2.24, 2.45) is 5.92 Å². The molecule has 0 spiro atoms. The zero-order chi connectivity index (χ0) is 18.8. The van der Waals surface area contributed by atoms with Crippen LogP contribution in [-0.2, 0) is 12.8 Å². The van der Waals surface area contributed by atoms with E-state index in [0.717, 1.165) is 61.4 Å². The zero-order valence-corrected chi connectivity index (χ0v) is 16.2. The van der Waals surface area contributed by atoms with Gasteiger partial charge in [-0.15, -0.1) is 0 Å². The molecule has 1 aliphatic heterocycles. The Balaban J connectivity index is 1.50. The maximum atomic E-state index is 13.3. The predicted octanol–water partition coefficient (Wildman–Crippen LogP) is 4.30. The van der Waals surface area contributed by atoms with Crippen LogP contribution in [0.1, 0.15) is 47.1 Å². The molecule has 0 atom stereocenters. The van der Waals surface area contributed by atoms with Crippen LogP contribution in [0, 0.1) is 12.8 Å². The van der Waals surface area contributed by atoms with E-state index in [1.165, 1.54) is 5.56 Å². The van der Waals surface area contributed by atoms with Crippen LogP contribution in [0.4, 0.5) is 0 Å². The van der Waals surface area contributed by atoms with Crippen LogP contribution in [0.3, 0.4) is 0 Å². The first kappa shape index (κ1) is 17.8. The van der Waals surface area contributed by atoms with Crippen LogP contribution in [0.15, 0.2) is 48.7 Å². The maximum absolute atomic E-state index is 13.3. The molecule has 0 bridgehead atoms. The Bertz CT molecular complexity index is 937. The standard InChI is InChI=1S/C23H27N3O/c1-3-20-21(26-13-7-8-17(2)22(26)24-20)23(27)25-14-11-19(12-15-25)16-18-9-5-4-6-10-18/h4-10,13,19H,3,11-12,14-16H2,1-2H3. The molecule has 2 aromatic heterocycles. The van der Waals surface area contributed by atoms with Crippen molar-refractivity contribution in [2.45, 2.75) is 39.5 Å². The van der Waals surface area contributed by atoms with Gasteiger partial charge < -0.3 is 4.90 Å². The third-order valence-corrected chi connectivity index (χ3v) is 5.72. The number of imidazole rings is 1. The van der Waals surface area contributed by atoms with Crippen LogP contribution < -0.4 is 0 Å². The quantitative estimate of drug-likeness (QED) is 0.695. The Kier molecular flexibility index (Phi) is 4.97. The number of hydrogen-bond donors (Lipinski definition) is 0. The second-order valence-corrected chi connectivity index (χ2v) is 7.57. The summed E-state index contributed by atoms with van der Waals surface area (Å²) in [6.45, 7) is 5.78. The van der Waals surface area contributed by atoms with E-state index in [2.05, 4.69) is 37.3 Å². The Hall–Kier alpha value is -2.62. The number of nitrogens with zero attached hydrogens (tertiary/aromatic N) is 3. The summed E-state index contributed by atoms with van der Waals surface area (Å²) >= 11 is 0. The zero-order valence-electron chi connectivity index (χ0n) is 16.2. The van der Waals surface area contributed by atoms with Crippen molar-refractivity contribution < 1.29 is 4.79 Å². The number of rotatable bonds is 4. The van der Waals surface area contributed by atoms with Gasteiger partial charge in [0.25, 0.3) is 5.91 Å². The Morgan fingerprint density at radius 2 is 1.85 bits per heavy atom. The summed E-state index contributed by atoms with van der Waals surface area (Å²) in [6.07, 6.45) is 5.98. The first-order chi connectivity index (χ1) is 13.2. The summed E-state index contributed by atoms with van der Waals surface area (Å²) < 4.78 is 1.98. The molecule has 3 heterocycles. The summed E-state index contributed by atoms with van der Waals surface area (Å²) in [5.41, 5.74) is 5.05. The summed E-state index contributed by atoms with van der Waals surface area (Å²) in [7, 11) is 0. The molecule has 1 amide bonds. The number of amides is 1. The normalized spacial score (nSPS) is 15.4. The highest BCUT2D eigenvalue weighted by atomic mass is 16.2. The molecule has 1 aliphatic rings. The van der Waals surface area contributed by atoms with E-state index in [4.69, 9.17) is 4.98 Å². The Morgan fingerprint density at radius 1 is 1.11 bits per heavy atom. The van der Waals surface area contributed by atoms with E-state index in [1.54, 1.807) is 0 Å². The minimum absolute atomic E-state index is 0.128. The summed E-state index contributed by atoms with van der Waals surface area (Å²) in [6, 6.07) is 14.7. The van der Waals surface area contributed by atoms with Gasteiger partial charge in [-0.05, 0) is 55.7 Å². The van der Waals surface area contributed by atoms with Crippen LogP contribution in [-0.4, -0.2) is 33.3 Å². The highest BCUT2D eigenvalue weighted by molar-refractivity contribution is 5.95. The average Bonchev–Trinajstić information content (AvgIpc) is 3.09. The number of carbonyl (C=O) groups is 1. The third kappa shape index (κ3) is 3.48. The van der Waals surface area contributed by atoms with Crippen molar-refractivity contribution in [3.05, 3.63) is 71.2 Å². The Morgan fingerprint density at radius 3 is 2.56 bits per heavy atom. The van der Waals surface area contributed by atoms with Crippen molar-refractivity contribution in [1.29, 1.82) is 0 Å². The van der Waals surface area contributed by atoms with Gasteiger partial charge in [-0.1, -0.05) is 43.3 Å². The lowest BCUT2D eigenvalue weighted by Crippen LogP contribution is -2.39. The topological polar surface area (TPSA) is 37.6 Å². The van der Waals surface area contributed by atoms with Gasteiger partial charge in [-0.2, -0.15) is 0 Å². The smallest absolute Gasteiger partial charge is 0.272 e. The van der Waals surface area contributed by atoms with Crippen molar-refractivity contribution in [3.63, 3.8) is 0 Å². The summed E-state index contributed by atoms with van der Waals surface area (Å²) in [5, 5.41) is 0. The van der Waals surface area contributed by atoms with Crippen molar-refractivity contribution in [3.8, 4) is 0 Å². The highest BCUT2D eigenvalue weighted by Gasteiger charge is 2.28. The number of benzene rings is 1. The number of aromatic nitrogens is 2. The van der Waals surface area contributed by atoms with E-state index in [-0.39, 0.29) is 5.91 Å². The SMILES string of the molecule is CCc1nc2c(C)cccn2c1C(=O)N1CCC(Cc2ccccc2)CC1. The van der Waals surface area contributed by atoms with E-state index in [0.29, 0.717) is 5.92 Å². The largest absolute Gasteiger partial charge is 0.337 e. The molecule has 3 aromatic rings. The molecule has 1 fully saturated rings. The first-order valence-electron chi connectivity index (χ1n) is 9.97. The number of fused-ring (bicyclic) bond motifs is 1. The van der Waals surface area contributed by atoms with Crippen LogP contribution in [0.5, 0.6) is 0 Å². The lowest BCUT2D eigenvalue weighted by molar-refractivity contribution is 0.0682. The molecular weight excluding hydrogens is 334 g/mol. The molecule has 0 saturated carbocycles. The molecule has 4 heteroatoms. The molecular formula is C23H27N3O. The van der Waals surface area contributed by atoms with Crippen molar-refractivity contribution in [1.82, 2.24) is 14.3 Å². The average molecular weight is 361 g/mol. The van der Waals surface area contributed by atoms with Gasteiger partial charge in [0, 0.05) is 19.3 Å². The molecule has 0 radical (unpaired) electrons. The number of carbonyl (C=O) groups excluding carboxylic acids is 1. The Labute approximate surface area is 160 Å². The molecule has 4 nitrogen and oxygen atoms in total. The third-order valence-electron chi connectivity index (χ3n) is 5.72. The van der Waals surface area contributed by atoms with Gasteiger partial charge in [-0.25, -0.2) is 4.98 Å². The van der Waals surface area contributed by atoms with Gasteiger partial charge in [0.15, 0.2) is 0 Å². The molecule has 1 aromatic carbocycles. The molecule has 0 aliphatic carbocycles. The van der Waals surface area contributed by atoms with Crippen molar-refractivity contribution in [2.75, 3.05) is 13.1 Å². The fourth-order valence-corrected chi connectivity index (χ4v) is 4.16. The van der Waals surface area contributed by atoms with Crippen molar-refractivity contribution >= 4 is 11.6 Å². The molecule has 1 saturated heterocycles. The second-order valence-electron chi connectivity index (χ2n) is 7.57. The number of aryl methyl sites for hydroxylation is 2. The molecule has 0 N–H and O–H groups in total. The van der Waals surface area contributed by atoms with Crippen LogP contribution in [0.25, 0.3) is 5.65 Å². The van der Waals surface area contributed by atoms with Gasteiger partial charge in [0.1, 0.15) is 11.3 Å². The van der Waals surface area contributed by atoms with E-state index in [1.807, 2.05) is 34.6 Å². The number of piperidine rings is 1. The number of pyridine rings is 1. The van der Waals surface area contributed by atoms with Gasteiger partial charge in [-0.3, -0.25) is 9.20 Å². The van der Waals surface area contributed by atoms with Crippen LogP contribution in [0.2, 0.25) is 0 Å². The molecule has 27 heavy (non-hydrogen) atoms. The van der Waals surface area contributed by atoms with Gasteiger partial charge in [0.05, 0.1) is 5.69 Å². The number of likely N-dealkylation sites (tertiary alicyclic amines) is 1. The minimum Gasteiger partial charge on any atom is -0.337 e. The first-order valence-corrected chi connectivity index (χ1v) is 9.97. The molecule has 140 valence electrons. The minimum atomic E-state index is 0.128.